The SMILES string of the molecule is CCCNC(=O)[C@@H](CC)N(Cc1cccc(C)c1)C(=O)CN(c1cccc(Cl)c1)S(=O)(=O)c1ccc(OC)cc1. The van der Waals surface area contributed by atoms with E-state index in [-0.39, 0.29) is 23.0 Å². The predicted molar refractivity (Wildman–Crippen MR) is 158 cm³/mol. The van der Waals surface area contributed by atoms with Crippen molar-refractivity contribution in [3.63, 3.8) is 0 Å². The Morgan fingerprint density at radius 2 is 1.70 bits per heavy atom. The molecule has 0 heterocycles. The fraction of sp³-hybridized carbons (Fsp3) is 0.333. The minimum atomic E-state index is -4.20. The summed E-state index contributed by atoms with van der Waals surface area (Å²) in [6.45, 7) is 5.81. The van der Waals surface area contributed by atoms with Crippen molar-refractivity contribution in [2.24, 2.45) is 0 Å². The van der Waals surface area contributed by atoms with Crippen LogP contribution in [0.25, 0.3) is 0 Å². The van der Waals surface area contributed by atoms with E-state index < -0.39 is 28.5 Å². The third kappa shape index (κ3) is 7.76. The molecule has 0 aromatic heterocycles. The van der Waals surface area contributed by atoms with E-state index in [9.17, 15) is 18.0 Å². The smallest absolute Gasteiger partial charge is 0.264 e. The zero-order valence-corrected chi connectivity index (χ0v) is 24.8. The standard InChI is InChI=1S/C30H36ClN3O5S/c1-5-17-32-30(36)28(6-2)33(20-23-10-7-9-22(3)18-23)29(35)21-34(25-12-8-11-24(31)19-25)40(37,38)27-15-13-26(39-4)14-16-27/h7-16,18-19,28H,5-6,17,20-21H2,1-4H3,(H,32,36)/t28-/m1/s1. The molecule has 0 saturated carbocycles. The topological polar surface area (TPSA) is 96.0 Å². The number of anilines is 1. The molecule has 3 rings (SSSR count). The number of hydrogen-bond donors (Lipinski definition) is 1. The second kappa shape index (κ2) is 14.2. The lowest BCUT2D eigenvalue weighted by molar-refractivity contribution is -0.140. The third-order valence-corrected chi connectivity index (χ3v) is 8.42. The van der Waals surface area contributed by atoms with Gasteiger partial charge in [0.25, 0.3) is 10.0 Å². The molecule has 40 heavy (non-hydrogen) atoms. The van der Waals surface area contributed by atoms with Crippen LogP contribution in [0.2, 0.25) is 5.02 Å². The van der Waals surface area contributed by atoms with Crippen LogP contribution in [0, 0.1) is 6.92 Å². The molecule has 1 atom stereocenters. The molecule has 0 saturated heterocycles. The van der Waals surface area contributed by atoms with Gasteiger partial charge in [0.15, 0.2) is 0 Å². The van der Waals surface area contributed by atoms with Crippen LogP contribution in [0.1, 0.15) is 37.8 Å². The van der Waals surface area contributed by atoms with E-state index in [0.29, 0.717) is 23.7 Å². The molecular formula is C30H36ClN3O5S. The van der Waals surface area contributed by atoms with E-state index in [0.717, 1.165) is 21.9 Å². The van der Waals surface area contributed by atoms with Crippen molar-refractivity contribution in [2.75, 3.05) is 24.5 Å². The van der Waals surface area contributed by atoms with Gasteiger partial charge in [-0.3, -0.25) is 13.9 Å². The van der Waals surface area contributed by atoms with Gasteiger partial charge in [-0.2, -0.15) is 0 Å². The Morgan fingerprint density at radius 3 is 2.30 bits per heavy atom. The van der Waals surface area contributed by atoms with E-state index >= 15 is 0 Å². The first-order valence-electron chi connectivity index (χ1n) is 13.2. The number of amides is 2. The molecule has 3 aromatic carbocycles. The summed E-state index contributed by atoms with van der Waals surface area (Å²) in [6.07, 6.45) is 1.10. The molecular weight excluding hydrogens is 550 g/mol. The molecule has 0 unspecified atom stereocenters. The van der Waals surface area contributed by atoms with Gasteiger partial charge in [-0.05, 0) is 67.8 Å². The van der Waals surface area contributed by atoms with Gasteiger partial charge in [-0.25, -0.2) is 8.42 Å². The number of benzene rings is 3. The van der Waals surface area contributed by atoms with E-state index in [1.54, 1.807) is 30.3 Å². The molecule has 0 aliphatic carbocycles. The van der Waals surface area contributed by atoms with Crippen LogP contribution in [-0.4, -0.2) is 51.4 Å². The van der Waals surface area contributed by atoms with Crippen molar-refractivity contribution < 1.29 is 22.7 Å². The highest BCUT2D eigenvalue weighted by Gasteiger charge is 2.33. The Hall–Kier alpha value is -3.56. The van der Waals surface area contributed by atoms with Crippen LogP contribution >= 0.6 is 11.6 Å². The zero-order valence-electron chi connectivity index (χ0n) is 23.3. The molecule has 10 heteroatoms. The highest BCUT2D eigenvalue weighted by molar-refractivity contribution is 7.92. The van der Waals surface area contributed by atoms with Gasteiger partial charge >= 0.3 is 0 Å². The number of carbonyl (C=O) groups is 2. The van der Waals surface area contributed by atoms with Gasteiger partial charge in [0.05, 0.1) is 17.7 Å². The van der Waals surface area contributed by atoms with Gasteiger partial charge in [0.2, 0.25) is 11.8 Å². The highest BCUT2D eigenvalue weighted by Crippen LogP contribution is 2.28. The molecule has 0 bridgehead atoms. The average Bonchev–Trinajstić information content (AvgIpc) is 2.94. The van der Waals surface area contributed by atoms with Crippen molar-refractivity contribution >= 4 is 39.1 Å². The molecule has 214 valence electrons. The Bertz CT molecular complexity index is 1410. The van der Waals surface area contributed by atoms with Gasteiger partial charge in [0.1, 0.15) is 18.3 Å². The molecule has 0 aliphatic heterocycles. The second-order valence-electron chi connectivity index (χ2n) is 9.39. The number of carbonyl (C=O) groups excluding carboxylic acids is 2. The summed E-state index contributed by atoms with van der Waals surface area (Å²) >= 11 is 6.22. The largest absolute Gasteiger partial charge is 0.497 e. The molecule has 0 spiro atoms. The lowest BCUT2D eigenvalue weighted by Crippen LogP contribution is -2.52. The number of nitrogens with one attached hydrogen (secondary N) is 1. The summed E-state index contributed by atoms with van der Waals surface area (Å²) in [4.78, 5) is 28.6. The average molecular weight is 586 g/mol. The Balaban J connectivity index is 2.05. The summed E-state index contributed by atoms with van der Waals surface area (Å²) in [7, 11) is -2.71. The molecule has 3 aromatic rings. The van der Waals surface area contributed by atoms with Crippen molar-refractivity contribution in [3.05, 3.63) is 88.9 Å². The summed E-state index contributed by atoms with van der Waals surface area (Å²) in [5.41, 5.74) is 2.08. The lowest BCUT2D eigenvalue weighted by atomic mass is 10.1. The number of methoxy groups -OCH3 is 1. The van der Waals surface area contributed by atoms with E-state index in [2.05, 4.69) is 5.32 Å². The van der Waals surface area contributed by atoms with Crippen molar-refractivity contribution in [2.45, 2.75) is 51.1 Å². The molecule has 0 aliphatic rings. The third-order valence-electron chi connectivity index (χ3n) is 6.39. The second-order valence-corrected chi connectivity index (χ2v) is 11.7. The highest BCUT2D eigenvalue weighted by atomic mass is 35.5. The first kappa shape index (κ1) is 31.0. The molecule has 1 N–H and O–H groups in total. The zero-order chi connectivity index (χ0) is 29.3. The minimum Gasteiger partial charge on any atom is -0.497 e. The monoisotopic (exact) mass is 585 g/mol. The maximum absolute atomic E-state index is 14.0. The number of nitrogens with zero attached hydrogens (tertiary/aromatic N) is 2. The number of hydrogen-bond acceptors (Lipinski definition) is 5. The van der Waals surface area contributed by atoms with Crippen LogP contribution in [0.4, 0.5) is 5.69 Å². The van der Waals surface area contributed by atoms with Crippen LogP contribution in [0.5, 0.6) is 5.75 Å². The summed E-state index contributed by atoms with van der Waals surface area (Å²) in [6, 6.07) is 19.1. The van der Waals surface area contributed by atoms with Crippen molar-refractivity contribution in [1.29, 1.82) is 0 Å². The van der Waals surface area contributed by atoms with Crippen molar-refractivity contribution in [1.82, 2.24) is 10.2 Å². The van der Waals surface area contributed by atoms with Crippen LogP contribution < -0.4 is 14.4 Å². The number of rotatable bonds is 13. The van der Waals surface area contributed by atoms with E-state index in [4.69, 9.17) is 16.3 Å². The first-order chi connectivity index (χ1) is 19.1. The van der Waals surface area contributed by atoms with E-state index in [1.165, 1.54) is 30.2 Å². The summed E-state index contributed by atoms with van der Waals surface area (Å²) < 4.78 is 34.0. The van der Waals surface area contributed by atoms with Crippen LogP contribution in [0.3, 0.4) is 0 Å². The minimum absolute atomic E-state index is 0.0148. The normalized spacial score (nSPS) is 11.9. The Morgan fingerprint density at radius 1 is 1.00 bits per heavy atom. The van der Waals surface area contributed by atoms with Gasteiger partial charge < -0.3 is 15.0 Å². The number of aryl methyl sites for hydroxylation is 1. The van der Waals surface area contributed by atoms with Crippen molar-refractivity contribution in [3.8, 4) is 5.75 Å². The number of halogens is 1. The number of ether oxygens (including phenoxy) is 1. The van der Waals surface area contributed by atoms with Gasteiger partial charge in [-0.1, -0.05) is 61.3 Å². The fourth-order valence-corrected chi connectivity index (χ4v) is 5.92. The van der Waals surface area contributed by atoms with E-state index in [1.807, 2.05) is 45.0 Å². The Kier molecular flexibility index (Phi) is 11.0. The Labute approximate surface area is 241 Å². The quantitative estimate of drug-likeness (QED) is 0.298. The lowest BCUT2D eigenvalue weighted by Gasteiger charge is -2.33. The molecule has 8 nitrogen and oxygen atoms in total. The molecule has 2 amide bonds. The molecule has 0 fully saturated rings. The maximum Gasteiger partial charge on any atom is 0.264 e. The molecule has 0 radical (unpaired) electrons. The van der Waals surface area contributed by atoms with Crippen LogP contribution in [0.15, 0.2) is 77.7 Å². The summed E-state index contributed by atoms with van der Waals surface area (Å²) in [5.74, 6) is -0.299. The predicted octanol–water partition coefficient (Wildman–Crippen LogP) is 5.19. The van der Waals surface area contributed by atoms with Gasteiger partial charge in [0, 0.05) is 18.1 Å². The maximum atomic E-state index is 14.0. The summed E-state index contributed by atoms with van der Waals surface area (Å²) in [5, 5.41) is 3.20. The van der Waals surface area contributed by atoms with Crippen LogP contribution in [-0.2, 0) is 26.2 Å². The first-order valence-corrected chi connectivity index (χ1v) is 15.0. The number of sulfonamides is 1. The van der Waals surface area contributed by atoms with Gasteiger partial charge in [-0.15, -0.1) is 0 Å². The fourth-order valence-electron chi connectivity index (χ4n) is 4.33.